The van der Waals surface area contributed by atoms with E-state index in [9.17, 15) is 4.79 Å². The van der Waals surface area contributed by atoms with E-state index in [2.05, 4.69) is 6.92 Å². The van der Waals surface area contributed by atoms with Crippen molar-refractivity contribution in [2.75, 3.05) is 27.2 Å². The first-order chi connectivity index (χ1) is 6.54. The molecule has 2 amide bonds. The average molecular weight is 198 g/mol. The van der Waals surface area contributed by atoms with Gasteiger partial charge in [0.1, 0.15) is 0 Å². The molecule has 82 valence electrons. The molecule has 1 fully saturated rings. The maximum atomic E-state index is 11.7. The Kier molecular flexibility index (Phi) is 3.78. The molecule has 1 saturated carbocycles. The van der Waals surface area contributed by atoms with Gasteiger partial charge in [0.05, 0.1) is 0 Å². The van der Waals surface area contributed by atoms with Crippen molar-refractivity contribution in [2.45, 2.75) is 26.7 Å². The van der Waals surface area contributed by atoms with Crippen LogP contribution in [0.4, 0.5) is 4.79 Å². The molecule has 0 atom stereocenters. The maximum absolute atomic E-state index is 11.7. The highest BCUT2D eigenvalue weighted by Gasteiger charge is 2.28. The van der Waals surface area contributed by atoms with Crippen LogP contribution in [-0.4, -0.2) is 43.0 Å². The van der Waals surface area contributed by atoms with Crippen molar-refractivity contribution in [3.63, 3.8) is 0 Å². The van der Waals surface area contributed by atoms with Gasteiger partial charge in [0, 0.05) is 27.2 Å². The van der Waals surface area contributed by atoms with Gasteiger partial charge in [-0.2, -0.15) is 0 Å². The van der Waals surface area contributed by atoms with Crippen LogP contribution in [0.3, 0.4) is 0 Å². The molecule has 0 saturated heterocycles. The molecular weight excluding hydrogens is 176 g/mol. The molecular formula is C11H22N2O. The molecule has 0 aromatic heterocycles. The van der Waals surface area contributed by atoms with Crippen LogP contribution in [-0.2, 0) is 0 Å². The van der Waals surface area contributed by atoms with Crippen molar-refractivity contribution < 1.29 is 4.79 Å². The molecule has 3 heteroatoms. The van der Waals surface area contributed by atoms with Gasteiger partial charge in [-0.05, 0) is 31.6 Å². The van der Waals surface area contributed by atoms with Crippen LogP contribution in [0.25, 0.3) is 0 Å². The third-order valence-electron chi connectivity index (χ3n) is 2.98. The highest BCUT2D eigenvalue weighted by atomic mass is 16.2. The standard InChI is InChI=1S/C11H22N2O/c1-5-13(11(14)12(3)4)8-10-6-9(2)7-10/h9-10H,5-8H2,1-4H3. The lowest BCUT2D eigenvalue weighted by molar-refractivity contribution is 0.128. The van der Waals surface area contributed by atoms with Crippen molar-refractivity contribution in [3.05, 3.63) is 0 Å². The zero-order valence-electron chi connectivity index (χ0n) is 9.79. The SMILES string of the molecule is CCN(CC1CC(C)C1)C(=O)N(C)C. The minimum atomic E-state index is 0.145. The summed E-state index contributed by atoms with van der Waals surface area (Å²) in [4.78, 5) is 15.3. The van der Waals surface area contributed by atoms with Gasteiger partial charge < -0.3 is 9.80 Å². The van der Waals surface area contributed by atoms with Crippen LogP contribution >= 0.6 is 0 Å². The number of carbonyl (C=O) groups is 1. The largest absolute Gasteiger partial charge is 0.331 e. The zero-order chi connectivity index (χ0) is 10.7. The molecule has 3 nitrogen and oxygen atoms in total. The minimum absolute atomic E-state index is 0.145. The molecule has 0 bridgehead atoms. The lowest BCUT2D eigenvalue weighted by Gasteiger charge is -2.37. The molecule has 14 heavy (non-hydrogen) atoms. The molecule has 0 aromatic carbocycles. The molecule has 0 aromatic rings. The normalized spacial score (nSPS) is 25.4. The fourth-order valence-corrected chi connectivity index (χ4v) is 2.16. The molecule has 0 radical (unpaired) electrons. The number of hydrogen-bond donors (Lipinski definition) is 0. The Balaban J connectivity index is 2.35. The molecule has 0 heterocycles. The summed E-state index contributed by atoms with van der Waals surface area (Å²) in [6, 6.07) is 0.145. The van der Waals surface area contributed by atoms with E-state index in [4.69, 9.17) is 0 Å². The molecule has 1 aliphatic carbocycles. The van der Waals surface area contributed by atoms with Gasteiger partial charge in [-0.15, -0.1) is 0 Å². The van der Waals surface area contributed by atoms with Crippen molar-refractivity contribution in [1.82, 2.24) is 9.80 Å². The molecule has 0 aliphatic heterocycles. The maximum Gasteiger partial charge on any atom is 0.319 e. The summed E-state index contributed by atoms with van der Waals surface area (Å²) >= 11 is 0. The van der Waals surface area contributed by atoms with Gasteiger partial charge in [0.2, 0.25) is 0 Å². The molecule has 1 aliphatic rings. The van der Waals surface area contributed by atoms with E-state index < -0.39 is 0 Å². The summed E-state index contributed by atoms with van der Waals surface area (Å²) < 4.78 is 0. The number of carbonyl (C=O) groups excluding carboxylic acids is 1. The fraction of sp³-hybridized carbons (Fsp3) is 0.909. The first-order valence-corrected chi connectivity index (χ1v) is 5.50. The van der Waals surface area contributed by atoms with Crippen molar-refractivity contribution in [1.29, 1.82) is 0 Å². The van der Waals surface area contributed by atoms with Crippen LogP contribution in [0.15, 0.2) is 0 Å². The molecule has 1 rings (SSSR count). The number of urea groups is 1. The highest BCUT2D eigenvalue weighted by Crippen LogP contribution is 2.33. The highest BCUT2D eigenvalue weighted by molar-refractivity contribution is 5.73. The molecule has 0 unspecified atom stereocenters. The molecule has 0 spiro atoms. The van der Waals surface area contributed by atoms with Crippen LogP contribution in [0.1, 0.15) is 26.7 Å². The monoisotopic (exact) mass is 198 g/mol. The van der Waals surface area contributed by atoms with Gasteiger partial charge in [-0.1, -0.05) is 6.92 Å². The van der Waals surface area contributed by atoms with Crippen LogP contribution in [0, 0.1) is 11.8 Å². The van der Waals surface area contributed by atoms with E-state index in [0.717, 1.165) is 24.9 Å². The summed E-state index contributed by atoms with van der Waals surface area (Å²) in [5, 5.41) is 0. The van der Waals surface area contributed by atoms with E-state index in [1.807, 2.05) is 25.9 Å². The third-order valence-corrected chi connectivity index (χ3v) is 2.98. The first-order valence-electron chi connectivity index (χ1n) is 5.50. The Morgan fingerprint density at radius 2 is 1.93 bits per heavy atom. The average Bonchev–Trinajstić information content (AvgIpc) is 2.09. The second-order valence-electron chi connectivity index (χ2n) is 4.66. The Bertz CT molecular complexity index is 197. The van der Waals surface area contributed by atoms with Crippen molar-refractivity contribution >= 4 is 6.03 Å². The van der Waals surface area contributed by atoms with Crippen LogP contribution < -0.4 is 0 Å². The van der Waals surface area contributed by atoms with Gasteiger partial charge >= 0.3 is 6.03 Å². The molecule has 0 N–H and O–H groups in total. The predicted molar refractivity (Wildman–Crippen MR) is 58.2 cm³/mol. The number of hydrogen-bond acceptors (Lipinski definition) is 1. The number of nitrogens with zero attached hydrogens (tertiary/aromatic N) is 2. The van der Waals surface area contributed by atoms with E-state index in [1.54, 1.807) is 4.90 Å². The van der Waals surface area contributed by atoms with Gasteiger partial charge in [0.15, 0.2) is 0 Å². The minimum Gasteiger partial charge on any atom is -0.331 e. The number of rotatable bonds is 3. The van der Waals surface area contributed by atoms with Crippen LogP contribution in [0.2, 0.25) is 0 Å². The van der Waals surface area contributed by atoms with E-state index in [1.165, 1.54) is 12.8 Å². The predicted octanol–water partition coefficient (Wildman–Crippen LogP) is 2.04. The quantitative estimate of drug-likeness (QED) is 0.680. The Labute approximate surface area is 87.1 Å². The second-order valence-corrected chi connectivity index (χ2v) is 4.66. The van der Waals surface area contributed by atoms with Crippen molar-refractivity contribution in [3.8, 4) is 0 Å². The smallest absolute Gasteiger partial charge is 0.319 e. The van der Waals surface area contributed by atoms with Gasteiger partial charge in [-0.25, -0.2) is 4.79 Å². The van der Waals surface area contributed by atoms with E-state index >= 15 is 0 Å². The van der Waals surface area contributed by atoms with E-state index in [-0.39, 0.29) is 6.03 Å². The Hall–Kier alpha value is -0.730. The Morgan fingerprint density at radius 3 is 2.29 bits per heavy atom. The third kappa shape index (κ3) is 2.63. The summed E-state index contributed by atoms with van der Waals surface area (Å²) in [7, 11) is 3.63. The van der Waals surface area contributed by atoms with Gasteiger partial charge in [0.25, 0.3) is 0 Å². The second kappa shape index (κ2) is 4.67. The summed E-state index contributed by atoms with van der Waals surface area (Å²) in [5.74, 6) is 1.61. The summed E-state index contributed by atoms with van der Waals surface area (Å²) in [6.07, 6.45) is 2.58. The zero-order valence-corrected chi connectivity index (χ0v) is 9.79. The lowest BCUT2D eigenvalue weighted by atomic mass is 9.76. The Morgan fingerprint density at radius 1 is 1.36 bits per heavy atom. The van der Waals surface area contributed by atoms with Crippen LogP contribution in [0.5, 0.6) is 0 Å². The first kappa shape index (κ1) is 11.3. The summed E-state index contributed by atoms with van der Waals surface area (Å²) in [5.41, 5.74) is 0. The number of amides is 2. The van der Waals surface area contributed by atoms with E-state index in [0.29, 0.717) is 0 Å². The lowest BCUT2D eigenvalue weighted by Crippen LogP contribution is -2.43. The summed E-state index contributed by atoms with van der Waals surface area (Å²) in [6.45, 7) is 6.09. The van der Waals surface area contributed by atoms with Gasteiger partial charge in [-0.3, -0.25) is 0 Å². The topological polar surface area (TPSA) is 23.6 Å². The fourth-order valence-electron chi connectivity index (χ4n) is 2.16. The van der Waals surface area contributed by atoms with Crippen molar-refractivity contribution in [2.24, 2.45) is 11.8 Å².